The molecule has 21 heavy (non-hydrogen) atoms. The van der Waals surface area contributed by atoms with E-state index >= 15 is 0 Å². The lowest BCUT2D eigenvalue weighted by atomic mass is 9.68. The van der Waals surface area contributed by atoms with Crippen molar-refractivity contribution in [2.75, 3.05) is 26.7 Å². The number of likely N-dealkylation sites (tertiary alicyclic amines) is 1. The summed E-state index contributed by atoms with van der Waals surface area (Å²) in [4.78, 5) is 2.67. The second-order valence-corrected chi connectivity index (χ2v) is 7.11. The molecule has 1 spiro atoms. The van der Waals surface area contributed by atoms with Gasteiger partial charge in [0.25, 0.3) is 0 Å². The zero-order chi connectivity index (χ0) is 14.5. The van der Waals surface area contributed by atoms with Crippen LogP contribution in [-0.2, 0) is 0 Å². The lowest BCUT2D eigenvalue weighted by Crippen LogP contribution is -2.44. The highest BCUT2D eigenvalue weighted by atomic mass is 15.2. The van der Waals surface area contributed by atoms with Crippen LogP contribution in [0.3, 0.4) is 0 Å². The number of piperidine rings is 1. The Labute approximate surface area is 129 Å². The maximum atomic E-state index is 3.50. The van der Waals surface area contributed by atoms with Crippen LogP contribution in [0.4, 0.5) is 0 Å². The van der Waals surface area contributed by atoms with E-state index in [1.807, 2.05) is 0 Å². The smallest absolute Gasteiger partial charge is 0.0446 e. The summed E-state index contributed by atoms with van der Waals surface area (Å²) >= 11 is 0. The summed E-state index contributed by atoms with van der Waals surface area (Å²) < 4.78 is 0. The number of nitrogens with one attached hydrogen (secondary N) is 1. The quantitative estimate of drug-likeness (QED) is 0.900. The fourth-order valence-corrected chi connectivity index (χ4v) is 4.32. The fraction of sp³-hybridized carbons (Fsp3) is 0.684. The molecular weight excluding hydrogens is 256 g/mol. The van der Waals surface area contributed by atoms with Gasteiger partial charge in [0.15, 0.2) is 0 Å². The third kappa shape index (κ3) is 3.67. The van der Waals surface area contributed by atoms with E-state index in [0.717, 1.165) is 12.0 Å². The molecule has 1 aromatic carbocycles. The summed E-state index contributed by atoms with van der Waals surface area (Å²) in [5.74, 6) is 0. The number of benzene rings is 1. The zero-order valence-corrected chi connectivity index (χ0v) is 13.5. The van der Waals surface area contributed by atoms with E-state index in [9.17, 15) is 0 Å². The molecular formula is C19H30N2. The van der Waals surface area contributed by atoms with Crippen molar-refractivity contribution < 1.29 is 0 Å². The molecule has 2 fully saturated rings. The molecule has 1 saturated carbocycles. The highest BCUT2D eigenvalue weighted by Gasteiger charge is 2.35. The van der Waals surface area contributed by atoms with Gasteiger partial charge in [0.1, 0.15) is 0 Å². The molecule has 1 aliphatic carbocycles. The Hall–Kier alpha value is -0.860. The molecule has 1 saturated heterocycles. The second kappa shape index (κ2) is 6.93. The van der Waals surface area contributed by atoms with E-state index in [1.54, 1.807) is 0 Å². The number of likely N-dealkylation sites (N-methyl/N-ethyl adjacent to an activating group) is 1. The van der Waals surface area contributed by atoms with Crippen LogP contribution in [-0.4, -0.2) is 31.6 Å². The predicted octanol–water partition coefficient (Wildman–Crippen LogP) is 3.99. The number of rotatable bonds is 4. The van der Waals surface area contributed by atoms with E-state index in [0.29, 0.717) is 6.04 Å². The van der Waals surface area contributed by atoms with Gasteiger partial charge < -0.3 is 10.2 Å². The lowest BCUT2D eigenvalue weighted by Gasteiger charge is -2.45. The second-order valence-electron chi connectivity index (χ2n) is 7.11. The van der Waals surface area contributed by atoms with Crippen molar-refractivity contribution in [2.24, 2.45) is 5.41 Å². The zero-order valence-electron chi connectivity index (χ0n) is 13.5. The van der Waals surface area contributed by atoms with Crippen molar-refractivity contribution >= 4 is 0 Å². The lowest BCUT2D eigenvalue weighted by molar-refractivity contribution is 0.0632. The van der Waals surface area contributed by atoms with E-state index in [1.165, 1.54) is 63.6 Å². The van der Waals surface area contributed by atoms with Gasteiger partial charge in [0.05, 0.1) is 0 Å². The van der Waals surface area contributed by atoms with Gasteiger partial charge in [-0.2, -0.15) is 0 Å². The van der Waals surface area contributed by atoms with E-state index in [2.05, 4.69) is 47.6 Å². The molecule has 116 valence electrons. The van der Waals surface area contributed by atoms with Crippen LogP contribution in [0.5, 0.6) is 0 Å². The summed E-state index contributed by atoms with van der Waals surface area (Å²) in [7, 11) is 2.09. The van der Waals surface area contributed by atoms with Gasteiger partial charge in [-0.25, -0.2) is 0 Å². The summed E-state index contributed by atoms with van der Waals surface area (Å²) in [6.07, 6.45) is 10.3. The van der Waals surface area contributed by atoms with Crippen LogP contribution in [0.1, 0.15) is 56.6 Å². The van der Waals surface area contributed by atoms with Gasteiger partial charge in [0, 0.05) is 12.6 Å². The van der Waals surface area contributed by atoms with E-state index in [-0.39, 0.29) is 0 Å². The maximum absolute atomic E-state index is 3.50. The first-order chi connectivity index (χ1) is 10.3. The molecule has 1 atom stereocenters. The van der Waals surface area contributed by atoms with Crippen molar-refractivity contribution in [1.29, 1.82) is 0 Å². The molecule has 1 aromatic rings. The Balaban J connectivity index is 1.54. The highest BCUT2D eigenvalue weighted by molar-refractivity contribution is 5.19. The third-order valence-electron chi connectivity index (χ3n) is 5.82. The van der Waals surface area contributed by atoms with Crippen LogP contribution in [0.15, 0.2) is 30.3 Å². The molecule has 1 unspecified atom stereocenters. The molecule has 0 amide bonds. The number of hydrogen-bond acceptors (Lipinski definition) is 2. The molecule has 2 heteroatoms. The predicted molar refractivity (Wildman–Crippen MR) is 89.4 cm³/mol. The van der Waals surface area contributed by atoms with Gasteiger partial charge in [0.2, 0.25) is 0 Å². The van der Waals surface area contributed by atoms with Crippen LogP contribution < -0.4 is 5.32 Å². The Morgan fingerprint density at radius 1 is 1.00 bits per heavy atom. The van der Waals surface area contributed by atoms with Crippen molar-refractivity contribution in [1.82, 2.24) is 10.2 Å². The van der Waals surface area contributed by atoms with Crippen LogP contribution in [0, 0.1) is 5.41 Å². The minimum atomic E-state index is 0.464. The van der Waals surface area contributed by atoms with Gasteiger partial charge in [-0.15, -0.1) is 0 Å². The molecule has 2 aliphatic rings. The normalized spacial score (nSPS) is 24.0. The minimum absolute atomic E-state index is 0.464. The fourth-order valence-electron chi connectivity index (χ4n) is 4.32. The van der Waals surface area contributed by atoms with Crippen LogP contribution in [0.2, 0.25) is 0 Å². The Morgan fingerprint density at radius 2 is 1.67 bits per heavy atom. The first-order valence-electron chi connectivity index (χ1n) is 8.76. The summed E-state index contributed by atoms with van der Waals surface area (Å²) in [5.41, 5.74) is 2.13. The largest absolute Gasteiger partial charge is 0.312 e. The molecule has 0 radical (unpaired) electrons. The van der Waals surface area contributed by atoms with Gasteiger partial charge in [-0.05, 0) is 56.8 Å². The first-order valence-corrected chi connectivity index (χ1v) is 8.76. The average molecular weight is 286 g/mol. The topological polar surface area (TPSA) is 15.3 Å². The molecule has 1 aliphatic heterocycles. The van der Waals surface area contributed by atoms with E-state index in [4.69, 9.17) is 0 Å². The molecule has 1 N–H and O–H groups in total. The standard InChI is InChI=1S/C19H30N2/c1-20-18(17-8-4-2-5-9-17)16-21-14-12-19(13-15-21)10-6-3-7-11-19/h2,4-5,8-9,18,20H,3,6-7,10-16H2,1H3. The maximum Gasteiger partial charge on any atom is 0.0446 e. The molecule has 0 aromatic heterocycles. The average Bonchev–Trinajstić information content (AvgIpc) is 2.56. The third-order valence-corrected chi connectivity index (χ3v) is 5.82. The molecule has 3 rings (SSSR count). The number of nitrogens with zero attached hydrogens (tertiary/aromatic N) is 1. The monoisotopic (exact) mass is 286 g/mol. The van der Waals surface area contributed by atoms with Crippen LogP contribution in [0.25, 0.3) is 0 Å². The van der Waals surface area contributed by atoms with Crippen molar-refractivity contribution in [3.05, 3.63) is 35.9 Å². The minimum Gasteiger partial charge on any atom is -0.312 e. The summed E-state index contributed by atoms with van der Waals surface area (Å²) in [5, 5.41) is 3.50. The Kier molecular flexibility index (Phi) is 4.97. The van der Waals surface area contributed by atoms with Crippen LogP contribution >= 0.6 is 0 Å². The van der Waals surface area contributed by atoms with Gasteiger partial charge >= 0.3 is 0 Å². The Morgan fingerprint density at radius 3 is 2.29 bits per heavy atom. The van der Waals surface area contributed by atoms with Crippen molar-refractivity contribution in [3.63, 3.8) is 0 Å². The summed E-state index contributed by atoms with van der Waals surface area (Å²) in [6.45, 7) is 3.74. The van der Waals surface area contributed by atoms with Crippen molar-refractivity contribution in [2.45, 2.75) is 51.0 Å². The first kappa shape index (κ1) is 15.1. The van der Waals surface area contributed by atoms with E-state index < -0.39 is 0 Å². The molecule has 1 heterocycles. The Bertz CT molecular complexity index is 412. The highest BCUT2D eigenvalue weighted by Crippen LogP contribution is 2.44. The summed E-state index contributed by atoms with van der Waals surface area (Å²) in [6, 6.07) is 11.3. The molecule has 2 nitrogen and oxygen atoms in total. The molecule has 0 bridgehead atoms. The number of hydrogen-bond donors (Lipinski definition) is 1. The SMILES string of the molecule is CNC(CN1CCC2(CCCCC2)CC1)c1ccccc1. The van der Waals surface area contributed by atoms with Crippen molar-refractivity contribution in [3.8, 4) is 0 Å². The van der Waals surface area contributed by atoms with Gasteiger partial charge in [-0.1, -0.05) is 49.6 Å². The van der Waals surface area contributed by atoms with Gasteiger partial charge in [-0.3, -0.25) is 0 Å².